The average Bonchev–Trinajstić information content (AvgIpc) is 3.32. The van der Waals surface area contributed by atoms with Crippen molar-refractivity contribution in [3.63, 3.8) is 0 Å². The molecule has 2 aliphatic rings. The number of amides is 1. The number of carbonyl (C=O) groups is 1. The molecule has 2 aliphatic heterocycles. The van der Waals surface area contributed by atoms with Crippen LogP contribution in [0.4, 0.5) is 0 Å². The molecule has 1 amide bonds. The largest absolute Gasteiger partial charge is 0.330 e. The van der Waals surface area contributed by atoms with Crippen molar-refractivity contribution in [2.24, 2.45) is 0 Å². The second-order valence-electron chi connectivity index (χ2n) is 6.77. The SMILES string of the molecule is O=C(c1cn(C2CCNCC2)nn1)N1CCCC1c1ccc(Cl)cc1. The second-order valence-corrected chi connectivity index (χ2v) is 7.21. The summed E-state index contributed by atoms with van der Waals surface area (Å²) < 4.78 is 1.86. The molecular weight excluding hydrogens is 338 g/mol. The highest BCUT2D eigenvalue weighted by Gasteiger charge is 2.32. The van der Waals surface area contributed by atoms with Crippen molar-refractivity contribution in [2.45, 2.75) is 37.8 Å². The smallest absolute Gasteiger partial charge is 0.276 e. The van der Waals surface area contributed by atoms with Gasteiger partial charge in [-0.05, 0) is 56.5 Å². The van der Waals surface area contributed by atoms with Gasteiger partial charge in [0, 0.05) is 11.6 Å². The minimum Gasteiger partial charge on any atom is -0.330 e. The number of piperidine rings is 1. The average molecular weight is 360 g/mol. The van der Waals surface area contributed by atoms with Crippen molar-refractivity contribution in [3.8, 4) is 0 Å². The predicted molar refractivity (Wildman–Crippen MR) is 95.6 cm³/mol. The molecular formula is C18H22ClN5O. The van der Waals surface area contributed by atoms with Crippen LogP contribution in [0.3, 0.4) is 0 Å². The number of nitrogens with one attached hydrogen (secondary N) is 1. The van der Waals surface area contributed by atoms with E-state index >= 15 is 0 Å². The van der Waals surface area contributed by atoms with E-state index in [1.54, 1.807) is 0 Å². The summed E-state index contributed by atoms with van der Waals surface area (Å²) in [5, 5.41) is 12.4. The molecule has 0 bridgehead atoms. The van der Waals surface area contributed by atoms with Crippen LogP contribution in [0.25, 0.3) is 0 Å². The van der Waals surface area contributed by atoms with Gasteiger partial charge in [-0.25, -0.2) is 4.68 Å². The van der Waals surface area contributed by atoms with Crippen LogP contribution < -0.4 is 5.32 Å². The molecule has 1 atom stereocenters. The number of aromatic nitrogens is 3. The number of halogens is 1. The zero-order chi connectivity index (χ0) is 17.2. The van der Waals surface area contributed by atoms with E-state index in [1.165, 1.54) is 0 Å². The van der Waals surface area contributed by atoms with Gasteiger partial charge in [0.2, 0.25) is 0 Å². The molecule has 2 aromatic rings. The zero-order valence-corrected chi connectivity index (χ0v) is 14.8. The molecule has 1 N–H and O–H groups in total. The number of benzene rings is 1. The number of nitrogens with zero attached hydrogens (tertiary/aromatic N) is 4. The number of rotatable bonds is 3. The van der Waals surface area contributed by atoms with E-state index < -0.39 is 0 Å². The normalized spacial score (nSPS) is 21.6. The monoisotopic (exact) mass is 359 g/mol. The summed E-state index contributed by atoms with van der Waals surface area (Å²) in [6, 6.07) is 8.19. The Morgan fingerprint density at radius 3 is 2.68 bits per heavy atom. The summed E-state index contributed by atoms with van der Waals surface area (Å²) in [7, 11) is 0. The van der Waals surface area contributed by atoms with Crippen molar-refractivity contribution in [1.29, 1.82) is 0 Å². The van der Waals surface area contributed by atoms with Gasteiger partial charge in [-0.3, -0.25) is 4.79 Å². The summed E-state index contributed by atoms with van der Waals surface area (Å²) in [5.74, 6) is -0.0300. The van der Waals surface area contributed by atoms with Gasteiger partial charge in [-0.15, -0.1) is 5.10 Å². The van der Waals surface area contributed by atoms with E-state index in [0.29, 0.717) is 16.8 Å². The minimum absolute atomic E-state index is 0.0300. The van der Waals surface area contributed by atoms with E-state index in [1.807, 2.05) is 40.0 Å². The maximum atomic E-state index is 13.0. The van der Waals surface area contributed by atoms with E-state index in [0.717, 1.165) is 50.9 Å². The first kappa shape index (κ1) is 16.5. The quantitative estimate of drug-likeness (QED) is 0.915. The van der Waals surface area contributed by atoms with E-state index in [9.17, 15) is 4.79 Å². The Bertz CT molecular complexity index is 738. The minimum atomic E-state index is -0.0300. The predicted octanol–water partition coefficient (Wildman–Crippen LogP) is 2.83. The van der Waals surface area contributed by atoms with Gasteiger partial charge in [0.05, 0.1) is 18.3 Å². The first-order valence-electron chi connectivity index (χ1n) is 8.91. The zero-order valence-electron chi connectivity index (χ0n) is 14.1. The van der Waals surface area contributed by atoms with Crippen LogP contribution in [0.5, 0.6) is 0 Å². The molecule has 132 valence electrons. The second kappa shape index (κ2) is 7.14. The molecule has 25 heavy (non-hydrogen) atoms. The lowest BCUT2D eigenvalue weighted by Crippen LogP contribution is -2.31. The maximum absolute atomic E-state index is 13.0. The molecule has 6 nitrogen and oxygen atoms in total. The van der Waals surface area contributed by atoms with Crippen LogP contribution in [-0.2, 0) is 0 Å². The molecule has 0 aliphatic carbocycles. The number of hydrogen-bond donors (Lipinski definition) is 1. The van der Waals surface area contributed by atoms with Crippen molar-refractivity contribution < 1.29 is 4.79 Å². The molecule has 0 spiro atoms. The molecule has 3 heterocycles. The first-order valence-corrected chi connectivity index (χ1v) is 9.29. The fraction of sp³-hybridized carbons (Fsp3) is 0.500. The molecule has 2 fully saturated rings. The van der Waals surface area contributed by atoms with Gasteiger partial charge >= 0.3 is 0 Å². The van der Waals surface area contributed by atoms with Gasteiger partial charge in [0.15, 0.2) is 5.69 Å². The molecule has 0 radical (unpaired) electrons. The highest BCUT2D eigenvalue weighted by atomic mass is 35.5. The molecule has 7 heteroatoms. The van der Waals surface area contributed by atoms with E-state index in [-0.39, 0.29) is 11.9 Å². The summed E-state index contributed by atoms with van der Waals surface area (Å²) in [6.45, 7) is 2.73. The third-order valence-corrected chi connectivity index (χ3v) is 5.43. The van der Waals surface area contributed by atoms with Gasteiger partial charge in [0.1, 0.15) is 0 Å². The topological polar surface area (TPSA) is 63.1 Å². The molecule has 0 saturated carbocycles. The lowest BCUT2D eigenvalue weighted by molar-refractivity contribution is 0.0729. The van der Waals surface area contributed by atoms with Crippen LogP contribution in [0, 0.1) is 0 Å². The molecule has 1 aromatic carbocycles. The number of hydrogen-bond acceptors (Lipinski definition) is 4. The van der Waals surface area contributed by atoms with Crippen molar-refractivity contribution in [1.82, 2.24) is 25.2 Å². The third-order valence-electron chi connectivity index (χ3n) is 5.18. The summed E-state index contributed by atoms with van der Waals surface area (Å²) >= 11 is 5.98. The Balaban J connectivity index is 1.51. The Morgan fingerprint density at radius 1 is 1.16 bits per heavy atom. The summed E-state index contributed by atoms with van der Waals surface area (Å²) in [4.78, 5) is 14.9. The highest BCUT2D eigenvalue weighted by molar-refractivity contribution is 6.30. The maximum Gasteiger partial charge on any atom is 0.276 e. The van der Waals surface area contributed by atoms with Crippen molar-refractivity contribution in [3.05, 3.63) is 46.7 Å². The lowest BCUT2D eigenvalue weighted by atomic mass is 10.0. The Hall–Kier alpha value is -1.92. The molecule has 4 rings (SSSR count). The Kier molecular flexibility index (Phi) is 4.72. The Morgan fingerprint density at radius 2 is 1.92 bits per heavy atom. The van der Waals surface area contributed by atoms with Gasteiger partial charge in [-0.1, -0.05) is 28.9 Å². The van der Waals surface area contributed by atoms with Gasteiger partial charge in [0.25, 0.3) is 5.91 Å². The first-order chi connectivity index (χ1) is 12.2. The molecule has 2 saturated heterocycles. The summed E-state index contributed by atoms with van der Waals surface area (Å²) in [6.07, 6.45) is 5.83. The van der Waals surface area contributed by atoms with Crippen LogP contribution in [-0.4, -0.2) is 45.4 Å². The van der Waals surface area contributed by atoms with Crippen molar-refractivity contribution >= 4 is 17.5 Å². The van der Waals surface area contributed by atoms with Crippen LogP contribution in [0.15, 0.2) is 30.5 Å². The molecule has 1 aromatic heterocycles. The van der Waals surface area contributed by atoms with Gasteiger partial charge < -0.3 is 10.2 Å². The van der Waals surface area contributed by atoms with Crippen molar-refractivity contribution in [2.75, 3.05) is 19.6 Å². The number of carbonyl (C=O) groups excluding carboxylic acids is 1. The van der Waals surface area contributed by atoms with E-state index in [2.05, 4.69) is 15.6 Å². The fourth-order valence-electron chi connectivity index (χ4n) is 3.81. The van der Waals surface area contributed by atoms with E-state index in [4.69, 9.17) is 11.6 Å². The van der Waals surface area contributed by atoms with Crippen LogP contribution in [0.1, 0.15) is 53.8 Å². The number of likely N-dealkylation sites (tertiary alicyclic amines) is 1. The Labute approximate surface area is 152 Å². The van der Waals surface area contributed by atoms with Crippen LogP contribution in [0.2, 0.25) is 5.02 Å². The summed E-state index contributed by atoms with van der Waals surface area (Å²) in [5.41, 5.74) is 1.57. The fourth-order valence-corrected chi connectivity index (χ4v) is 3.94. The van der Waals surface area contributed by atoms with Crippen LogP contribution >= 0.6 is 11.6 Å². The third kappa shape index (κ3) is 3.41. The standard InChI is InChI=1S/C18H22ClN5O/c19-14-5-3-13(4-6-14)17-2-1-11-23(17)18(25)16-12-24(22-21-16)15-7-9-20-10-8-15/h3-6,12,15,17,20H,1-2,7-11H2. The molecule has 1 unspecified atom stereocenters. The lowest BCUT2D eigenvalue weighted by Gasteiger charge is -2.24. The highest BCUT2D eigenvalue weighted by Crippen LogP contribution is 2.33. The van der Waals surface area contributed by atoms with Gasteiger partial charge in [-0.2, -0.15) is 0 Å².